The van der Waals surface area contributed by atoms with E-state index in [0.717, 1.165) is 18.1 Å². The number of anilines is 1. The predicted octanol–water partition coefficient (Wildman–Crippen LogP) is 2.26. The summed E-state index contributed by atoms with van der Waals surface area (Å²) in [5.74, 6) is -0.486. The lowest BCUT2D eigenvalue weighted by Crippen LogP contribution is -2.27. The molecule has 0 aromatic carbocycles. The van der Waals surface area contributed by atoms with Crippen LogP contribution < -0.4 is 5.32 Å². The van der Waals surface area contributed by atoms with Gasteiger partial charge in [0, 0.05) is 11.3 Å². The highest BCUT2D eigenvalue weighted by atomic mass is 32.2. The van der Waals surface area contributed by atoms with Gasteiger partial charge < -0.3 is 10.4 Å². The Kier molecular flexibility index (Phi) is 4.41. The molecule has 18 heavy (non-hydrogen) atoms. The number of carboxylic acids is 1. The first-order valence-electron chi connectivity index (χ1n) is 6.03. The molecule has 0 radical (unpaired) electrons. The minimum Gasteiger partial charge on any atom is -0.476 e. The maximum absolute atomic E-state index is 10.8. The van der Waals surface area contributed by atoms with Crippen molar-refractivity contribution in [3.8, 4) is 0 Å². The van der Waals surface area contributed by atoms with E-state index >= 15 is 0 Å². The van der Waals surface area contributed by atoms with E-state index in [4.69, 9.17) is 5.11 Å². The van der Waals surface area contributed by atoms with Crippen LogP contribution in [0.25, 0.3) is 0 Å². The SMILES string of the molecule is CSC1CCC(Nc2cncc(C(=O)O)n2)CC1. The third kappa shape index (κ3) is 3.35. The minimum absolute atomic E-state index is 0.0159. The van der Waals surface area contributed by atoms with Crippen LogP contribution in [0.4, 0.5) is 5.82 Å². The fraction of sp³-hybridized carbons (Fsp3) is 0.583. The highest BCUT2D eigenvalue weighted by Gasteiger charge is 2.20. The van der Waals surface area contributed by atoms with Gasteiger partial charge in [-0.05, 0) is 31.9 Å². The number of thioether (sulfide) groups is 1. The van der Waals surface area contributed by atoms with Crippen molar-refractivity contribution < 1.29 is 9.90 Å². The van der Waals surface area contributed by atoms with E-state index < -0.39 is 5.97 Å². The fourth-order valence-electron chi connectivity index (χ4n) is 2.19. The Hall–Kier alpha value is -1.30. The van der Waals surface area contributed by atoms with Crippen LogP contribution in [0.2, 0.25) is 0 Å². The maximum atomic E-state index is 10.8. The van der Waals surface area contributed by atoms with Gasteiger partial charge in [0.1, 0.15) is 5.82 Å². The summed E-state index contributed by atoms with van der Waals surface area (Å²) >= 11 is 1.93. The molecule has 1 fully saturated rings. The van der Waals surface area contributed by atoms with Crippen molar-refractivity contribution in [3.63, 3.8) is 0 Å². The molecule has 0 saturated heterocycles. The number of aromatic nitrogens is 2. The van der Waals surface area contributed by atoms with Gasteiger partial charge in [-0.2, -0.15) is 11.8 Å². The van der Waals surface area contributed by atoms with Crippen LogP contribution in [0.15, 0.2) is 12.4 Å². The molecule has 0 unspecified atom stereocenters. The molecular weight excluding hydrogens is 250 g/mol. The van der Waals surface area contributed by atoms with Crippen LogP contribution in [0, 0.1) is 0 Å². The van der Waals surface area contributed by atoms with Gasteiger partial charge in [0.15, 0.2) is 5.69 Å². The Morgan fingerprint density at radius 1 is 1.39 bits per heavy atom. The van der Waals surface area contributed by atoms with Gasteiger partial charge in [-0.25, -0.2) is 9.78 Å². The van der Waals surface area contributed by atoms with Crippen molar-refractivity contribution in [2.45, 2.75) is 37.0 Å². The van der Waals surface area contributed by atoms with Crippen LogP contribution in [-0.2, 0) is 0 Å². The van der Waals surface area contributed by atoms with Crippen LogP contribution in [-0.4, -0.2) is 38.6 Å². The van der Waals surface area contributed by atoms with E-state index in [1.165, 1.54) is 19.0 Å². The molecule has 1 aliphatic carbocycles. The first kappa shape index (κ1) is 13.1. The van der Waals surface area contributed by atoms with Gasteiger partial charge in [0.2, 0.25) is 0 Å². The number of nitrogens with zero attached hydrogens (tertiary/aromatic N) is 2. The second-order valence-corrected chi connectivity index (χ2v) is 5.59. The zero-order valence-corrected chi connectivity index (χ0v) is 11.1. The molecule has 2 N–H and O–H groups in total. The number of nitrogens with one attached hydrogen (secondary N) is 1. The summed E-state index contributed by atoms with van der Waals surface area (Å²) in [4.78, 5) is 18.7. The predicted molar refractivity (Wildman–Crippen MR) is 72.2 cm³/mol. The Bertz CT molecular complexity index is 420. The van der Waals surface area contributed by atoms with Gasteiger partial charge in [-0.15, -0.1) is 0 Å². The van der Waals surface area contributed by atoms with Gasteiger partial charge in [-0.1, -0.05) is 0 Å². The second kappa shape index (κ2) is 6.04. The average Bonchev–Trinajstić information content (AvgIpc) is 2.40. The van der Waals surface area contributed by atoms with Gasteiger partial charge >= 0.3 is 5.97 Å². The summed E-state index contributed by atoms with van der Waals surface area (Å²) < 4.78 is 0. The molecule has 2 rings (SSSR count). The van der Waals surface area contributed by atoms with E-state index in [1.54, 1.807) is 6.20 Å². The van der Waals surface area contributed by atoms with Crippen molar-refractivity contribution in [2.24, 2.45) is 0 Å². The highest BCUT2D eigenvalue weighted by molar-refractivity contribution is 7.99. The number of aromatic carboxylic acids is 1. The zero-order chi connectivity index (χ0) is 13.0. The molecule has 1 heterocycles. The molecule has 1 aliphatic rings. The maximum Gasteiger partial charge on any atom is 0.356 e. The summed E-state index contributed by atoms with van der Waals surface area (Å²) in [7, 11) is 0. The minimum atomic E-state index is -1.04. The third-order valence-corrected chi connectivity index (χ3v) is 4.35. The zero-order valence-electron chi connectivity index (χ0n) is 10.3. The first-order valence-corrected chi connectivity index (χ1v) is 7.32. The largest absolute Gasteiger partial charge is 0.476 e. The van der Waals surface area contributed by atoms with E-state index in [9.17, 15) is 4.79 Å². The van der Waals surface area contributed by atoms with Crippen molar-refractivity contribution in [3.05, 3.63) is 18.1 Å². The number of hydrogen-bond acceptors (Lipinski definition) is 5. The highest BCUT2D eigenvalue weighted by Crippen LogP contribution is 2.28. The van der Waals surface area contributed by atoms with Crippen molar-refractivity contribution in [1.29, 1.82) is 0 Å². The first-order chi connectivity index (χ1) is 8.69. The van der Waals surface area contributed by atoms with Crippen molar-refractivity contribution in [2.75, 3.05) is 11.6 Å². The van der Waals surface area contributed by atoms with E-state index in [0.29, 0.717) is 11.9 Å². The lowest BCUT2D eigenvalue weighted by atomic mass is 9.95. The smallest absolute Gasteiger partial charge is 0.356 e. The summed E-state index contributed by atoms with van der Waals surface area (Å²) in [5.41, 5.74) is -0.0159. The summed E-state index contributed by atoms with van der Waals surface area (Å²) in [6.07, 6.45) is 9.59. The Morgan fingerprint density at radius 3 is 2.72 bits per heavy atom. The molecule has 0 spiro atoms. The summed E-state index contributed by atoms with van der Waals surface area (Å²) in [5, 5.41) is 12.9. The monoisotopic (exact) mass is 267 g/mol. The molecule has 1 saturated carbocycles. The van der Waals surface area contributed by atoms with Gasteiger partial charge in [0.25, 0.3) is 0 Å². The molecule has 0 amide bonds. The topological polar surface area (TPSA) is 75.1 Å². The third-order valence-electron chi connectivity index (χ3n) is 3.21. The van der Waals surface area contributed by atoms with E-state index in [2.05, 4.69) is 21.5 Å². The second-order valence-electron chi connectivity index (χ2n) is 4.45. The molecule has 1 aromatic heterocycles. The molecule has 0 atom stereocenters. The molecule has 0 aliphatic heterocycles. The molecule has 1 aromatic rings. The number of carboxylic acid groups (broad SMARTS) is 1. The molecule has 6 heteroatoms. The van der Waals surface area contributed by atoms with Crippen molar-refractivity contribution >= 4 is 23.5 Å². The van der Waals surface area contributed by atoms with Crippen LogP contribution in [0.1, 0.15) is 36.2 Å². The molecule has 98 valence electrons. The Balaban J connectivity index is 1.94. The fourth-order valence-corrected chi connectivity index (χ4v) is 2.93. The van der Waals surface area contributed by atoms with Gasteiger partial charge in [0.05, 0.1) is 12.4 Å². The lowest BCUT2D eigenvalue weighted by Gasteiger charge is -2.28. The van der Waals surface area contributed by atoms with Crippen molar-refractivity contribution in [1.82, 2.24) is 9.97 Å². The molecule has 5 nitrogen and oxygen atoms in total. The van der Waals surface area contributed by atoms with Gasteiger partial charge in [-0.3, -0.25) is 4.98 Å². The van der Waals surface area contributed by atoms with Crippen LogP contribution >= 0.6 is 11.8 Å². The quantitative estimate of drug-likeness (QED) is 0.871. The Labute approximate surface area is 110 Å². The van der Waals surface area contributed by atoms with E-state index in [-0.39, 0.29) is 5.69 Å². The van der Waals surface area contributed by atoms with Crippen LogP contribution in [0.3, 0.4) is 0 Å². The normalized spacial score (nSPS) is 23.6. The number of carbonyl (C=O) groups is 1. The summed E-state index contributed by atoms with van der Waals surface area (Å²) in [6, 6.07) is 0.381. The number of hydrogen-bond donors (Lipinski definition) is 2. The number of rotatable bonds is 4. The standard InChI is InChI=1S/C12H17N3O2S/c1-18-9-4-2-8(3-5-9)14-11-7-13-6-10(15-11)12(16)17/h6-9H,2-5H2,1H3,(H,14,15)(H,16,17). The summed E-state index contributed by atoms with van der Waals surface area (Å²) in [6.45, 7) is 0. The Morgan fingerprint density at radius 2 is 2.11 bits per heavy atom. The lowest BCUT2D eigenvalue weighted by molar-refractivity contribution is 0.0690. The molecule has 0 bridgehead atoms. The van der Waals surface area contributed by atoms with Crippen LogP contribution in [0.5, 0.6) is 0 Å². The average molecular weight is 267 g/mol. The molecular formula is C12H17N3O2S. The van der Waals surface area contributed by atoms with E-state index in [1.807, 2.05) is 11.8 Å².